The molecule has 0 heterocycles. The fraction of sp³-hybridized carbons (Fsp3) is 0.143. The van der Waals surface area contributed by atoms with Crippen LogP contribution in [0.3, 0.4) is 0 Å². The third-order valence-corrected chi connectivity index (χ3v) is 3.26. The number of hydrogen-bond donors (Lipinski definition) is 0. The van der Waals surface area contributed by atoms with Crippen molar-refractivity contribution in [2.75, 3.05) is 7.11 Å². The van der Waals surface area contributed by atoms with E-state index in [2.05, 4.69) is 44.6 Å². The lowest BCUT2D eigenvalue weighted by molar-refractivity contribution is 0.412. The zero-order valence-electron chi connectivity index (χ0n) is 5.62. The van der Waals surface area contributed by atoms with Gasteiger partial charge in [-0.3, -0.25) is 0 Å². The number of ether oxygens (including phenoxy) is 1. The Morgan fingerprint density at radius 3 is 2.82 bits per heavy atom. The largest absolute Gasteiger partial charge is 0.494 e. The average molecular weight is 346 g/mol. The standard InChI is InChI=1S/C7H4BrClIO/c1-11-7-4(8)2-3-5(10)6(7)9/h2H,1H3. The molecule has 1 radical (unpaired) electrons. The van der Waals surface area contributed by atoms with Gasteiger partial charge < -0.3 is 4.74 Å². The summed E-state index contributed by atoms with van der Waals surface area (Å²) < 4.78 is 6.74. The molecular formula is C7H4BrClIO. The lowest BCUT2D eigenvalue weighted by Crippen LogP contribution is -1.87. The molecule has 0 aliphatic carbocycles. The van der Waals surface area contributed by atoms with Gasteiger partial charge in [-0.1, -0.05) is 11.6 Å². The summed E-state index contributed by atoms with van der Waals surface area (Å²) in [6, 6.07) is 4.75. The minimum Gasteiger partial charge on any atom is -0.494 e. The zero-order valence-corrected chi connectivity index (χ0v) is 10.1. The molecule has 0 saturated heterocycles. The van der Waals surface area contributed by atoms with Crippen LogP contribution in [0.15, 0.2) is 10.5 Å². The lowest BCUT2D eigenvalue weighted by atomic mass is 10.3. The van der Waals surface area contributed by atoms with Crippen LogP contribution < -0.4 is 4.74 Å². The van der Waals surface area contributed by atoms with Gasteiger partial charge in [-0.2, -0.15) is 0 Å². The topological polar surface area (TPSA) is 9.23 Å². The first kappa shape index (κ1) is 9.61. The summed E-state index contributed by atoms with van der Waals surface area (Å²) >= 11 is 11.3. The smallest absolute Gasteiger partial charge is 0.152 e. The van der Waals surface area contributed by atoms with Gasteiger partial charge in [-0.25, -0.2) is 0 Å². The second-order valence-corrected chi connectivity index (χ2v) is 4.11. The van der Waals surface area contributed by atoms with Crippen molar-refractivity contribution in [1.82, 2.24) is 0 Å². The Morgan fingerprint density at radius 1 is 1.73 bits per heavy atom. The number of halogens is 3. The highest BCUT2D eigenvalue weighted by Crippen LogP contribution is 2.35. The van der Waals surface area contributed by atoms with Crippen molar-refractivity contribution in [1.29, 1.82) is 0 Å². The van der Waals surface area contributed by atoms with Gasteiger partial charge in [-0.05, 0) is 50.7 Å². The molecule has 0 N–H and O–H groups in total. The van der Waals surface area contributed by atoms with Crippen molar-refractivity contribution in [2.45, 2.75) is 0 Å². The van der Waals surface area contributed by atoms with Crippen LogP contribution in [-0.4, -0.2) is 7.11 Å². The van der Waals surface area contributed by atoms with Gasteiger partial charge in [0.15, 0.2) is 5.75 Å². The van der Waals surface area contributed by atoms with Crippen molar-refractivity contribution in [3.8, 4) is 5.75 Å². The molecule has 0 atom stereocenters. The quantitative estimate of drug-likeness (QED) is 0.559. The maximum Gasteiger partial charge on any atom is 0.152 e. The van der Waals surface area contributed by atoms with Crippen molar-refractivity contribution < 1.29 is 4.74 Å². The van der Waals surface area contributed by atoms with E-state index in [9.17, 15) is 0 Å². The molecule has 0 unspecified atom stereocenters. The maximum atomic E-state index is 5.90. The molecule has 1 aromatic rings. The molecule has 11 heavy (non-hydrogen) atoms. The van der Waals surface area contributed by atoms with E-state index in [1.807, 2.05) is 0 Å². The van der Waals surface area contributed by atoms with E-state index in [1.165, 1.54) is 0 Å². The Labute approximate surface area is 92.3 Å². The summed E-state index contributed by atoms with van der Waals surface area (Å²) in [7, 11) is 1.59. The Balaban J connectivity index is 3.29. The first-order chi connectivity index (χ1) is 5.16. The fourth-order valence-corrected chi connectivity index (χ4v) is 1.87. The van der Waals surface area contributed by atoms with Crippen molar-refractivity contribution in [3.05, 3.63) is 25.2 Å². The van der Waals surface area contributed by atoms with Gasteiger partial charge in [-0.15, -0.1) is 0 Å². The van der Waals surface area contributed by atoms with Crippen LogP contribution in [0.25, 0.3) is 0 Å². The molecule has 0 spiro atoms. The summed E-state index contributed by atoms with van der Waals surface area (Å²) in [6.07, 6.45) is 0. The molecule has 1 nitrogen and oxygen atoms in total. The molecule has 0 fully saturated rings. The number of benzene rings is 1. The predicted octanol–water partition coefficient (Wildman–Crippen LogP) is 3.52. The predicted molar refractivity (Wildman–Crippen MR) is 57.3 cm³/mol. The van der Waals surface area contributed by atoms with Crippen molar-refractivity contribution >= 4 is 50.1 Å². The summed E-state index contributed by atoms with van der Waals surface area (Å²) in [5.74, 6) is 0.662. The monoisotopic (exact) mass is 345 g/mol. The number of rotatable bonds is 1. The van der Waals surface area contributed by atoms with E-state index in [0.29, 0.717) is 10.8 Å². The zero-order chi connectivity index (χ0) is 8.43. The van der Waals surface area contributed by atoms with E-state index in [0.717, 1.165) is 8.04 Å². The van der Waals surface area contributed by atoms with Crippen LogP contribution in [0.5, 0.6) is 5.75 Å². The molecule has 0 amide bonds. The lowest BCUT2D eigenvalue weighted by Gasteiger charge is -2.05. The van der Waals surface area contributed by atoms with E-state index in [4.69, 9.17) is 16.3 Å². The van der Waals surface area contributed by atoms with Gasteiger partial charge >= 0.3 is 0 Å². The van der Waals surface area contributed by atoms with Crippen LogP contribution in [0.2, 0.25) is 5.02 Å². The van der Waals surface area contributed by atoms with Crippen molar-refractivity contribution in [2.24, 2.45) is 0 Å². The maximum absolute atomic E-state index is 5.90. The molecule has 1 rings (SSSR count). The third kappa shape index (κ3) is 2.00. The van der Waals surface area contributed by atoms with Crippen LogP contribution in [0.4, 0.5) is 0 Å². The van der Waals surface area contributed by atoms with Crippen molar-refractivity contribution in [3.63, 3.8) is 0 Å². The molecule has 0 saturated carbocycles. The molecule has 0 aliphatic heterocycles. The highest BCUT2D eigenvalue weighted by molar-refractivity contribution is 14.1. The summed E-state index contributed by atoms with van der Waals surface area (Å²) in [6.45, 7) is 0. The molecule has 1 aromatic carbocycles. The average Bonchev–Trinajstić information content (AvgIpc) is 1.99. The van der Waals surface area contributed by atoms with E-state index in [1.54, 1.807) is 13.2 Å². The summed E-state index contributed by atoms with van der Waals surface area (Å²) in [5, 5.41) is 0.600. The Kier molecular flexibility index (Phi) is 3.46. The minimum atomic E-state index is 0.600. The van der Waals surface area contributed by atoms with Gasteiger partial charge in [0.05, 0.1) is 16.6 Å². The minimum absolute atomic E-state index is 0.600. The third-order valence-electron chi connectivity index (χ3n) is 1.14. The Morgan fingerprint density at radius 2 is 2.36 bits per heavy atom. The van der Waals surface area contributed by atoms with Crippen LogP contribution in [0, 0.1) is 9.64 Å². The molecule has 0 aliphatic rings. The molecule has 59 valence electrons. The van der Waals surface area contributed by atoms with Crippen LogP contribution in [0.1, 0.15) is 0 Å². The molecule has 0 bridgehead atoms. The second kappa shape index (κ2) is 3.96. The van der Waals surface area contributed by atoms with Crippen LogP contribution >= 0.6 is 50.1 Å². The molecule has 0 aromatic heterocycles. The Bertz CT molecular complexity index is 277. The fourth-order valence-electron chi connectivity index (χ4n) is 0.647. The van der Waals surface area contributed by atoms with E-state index < -0.39 is 0 Å². The van der Waals surface area contributed by atoms with Gasteiger partial charge in [0.1, 0.15) is 0 Å². The normalized spacial score (nSPS) is 9.82. The van der Waals surface area contributed by atoms with Gasteiger partial charge in [0.25, 0.3) is 0 Å². The number of hydrogen-bond acceptors (Lipinski definition) is 1. The first-order valence-electron chi connectivity index (χ1n) is 2.76. The SMILES string of the molecule is COc1c(Br)c[c]c(I)c1Cl. The first-order valence-corrected chi connectivity index (χ1v) is 5.01. The van der Waals surface area contributed by atoms with E-state index in [-0.39, 0.29) is 0 Å². The second-order valence-electron chi connectivity index (χ2n) is 1.80. The van der Waals surface area contributed by atoms with Gasteiger partial charge in [0, 0.05) is 3.57 Å². The van der Waals surface area contributed by atoms with E-state index >= 15 is 0 Å². The Hall–Kier alpha value is 0.520. The van der Waals surface area contributed by atoms with Crippen LogP contribution in [-0.2, 0) is 0 Å². The van der Waals surface area contributed by atoms with Gasteiger partial charge in [0.2, 0.25) is 0 Å². The highest BCUT2D eigenvalue weighted by Gasteiger charge is 2.08. The summed E-state index contributed by atoms with van der Waals surface area (Å²) in [4.78, 5) is 0. The number of methoxy groups -OCH3 is 1. The summed E-state index contributed by atoms with van der Waals surface area (Å²) in [5.41, 5.74) is 0. The highest BCUT2D eigenvalue weighted by atomic mass is 127. The molecule has 4 heteroatoms. The molecular weight excluding hydrogens is 342 g/mol.